The number of nitrogens with zero attached hydrogens (tertiary/aromatic N) is 1. The topological polar surface area (TPSA) is 12.9 Å². The highest BCUT2D eigenvalue weighted by Gasteiger charge is 2.55. The fraction of sp³-hybridized carbons (Fsp3) is 0.318. The summed E-state index contributed by atoms with van der Waals surface area (Å²) in [4.78, 5) is 4.78. The average molecular weight is 301 g/mol. The predicted octanol–water partition coefficient (Wildman–Crippen LogP) is 5.80. The van der Waals surface area contributed by atoms with E-state index in [2.05, 4.69) is 74.6 Å². The van der Waals surface area contributed by atoms with Crippen LogP contribution in [0, 0.1) is 17.3 Å². The van der Waals surface area contributed by atoms with Crippen molar-refractivity contribution in [3.05, 3.63) is 72.6 Å². The minimum absolute atomic E-state index is 0.323. The van der Waals surface area contributed by atoms with Crippen LogP contribution >= 0.6 is 0 Å². The number of aromatic nitrogens is 1. The molecule has 116 valence electrons. The first kappa shape index (κ1) is 14.4. The first-order valence-corrected chi connectivity index (χ1v) is 8.61. The lowest BCUT2D eigenvalue weighted by molar-refractivity contribution is 0.438. The van der Waals surface area contributed by atoms with E-state index in [4.69, 9.17) is 4.98 Å². The molecule has 23 heavy (non-hydrogen) atoms. The Labute approximate surface area is 138 Å². The molecule has 0 aliphatic heterocycles. The number of hydrogen-bond donors (Lipinski definition) is 0. The van der Waals surface area contributed by atoms with Gasteiger partial charge in [0.25, 0.3) is 0 Å². The van der Waals surface area contributed by atoms with Crippen LogP contribution < -0.4 is 0 Å². The summed E-state index contributed by atoms with van der Waals surface area (Å²) in [6.45, 7) is 4.53. The third-order valence-electron chi connectivity index (χ3n) is 5.65. The van der Waals surface area contributed by atoms with Gasteiger partial charge in [0.1, 0.15) is 0 Å². The van der Waals surface area contributed by atoms with Crippen LogP contribution in [0.25, 0.3) is 16.3 Å². The Morgan fingerprint density at radius 1 is 1.22 bits per heavy atom. The van der Waals surface area contributed by atoms with E-state index in [-0.39, 0.29) is 0 Å². The first-order chi connectivity index (χ1) is 11.3. The van der Waals surface area contributed by atoms with Crippen LogP contribution in [-0.2, 0) is 0 Å². The summed E-state index contributed by atoms with van der Waals surface area (Å²) in [6.07, 6.45) is 15.8. The minimum Gasteiger partial charge on any atom is -0.256 e. The highest BCUT2D eigenvalue weighted by molar-refractivity contribution is 5.93. The Bertz CT molecular complexity index is 821. The molecule has 3 atom stereocenters. The molecule has 1 saturated carbocycles. The molecule has 0 bridgehead atoms. The monoisotopic (exact) mass is 301 g/mol. The van der Waals surface area contributed by atoms with Gasteiger partial charge in [-0.3, -0.25) is 4.98 Å². The van der Waals surface area contributed by atoms with Crippen LogP contribution in [0.2, 0.25) is 0 Å². The molecule has 3 unspecified atom stereocenters. The van der Waals surface area contributed by atoms with Gasteiger partial charge in [-0.2, -0.15) is 0 Å². The van der Waals surface area contributed by atoms with Crippen LogP contribution in [0.1, 0.15) is 32.4 Å². The lowest BCUT2D eigenvalue weighted by Gasteiger charge is -2.29. The fourth-order valence-electron chi connectivity index (χ4n) is 4.35. The number of hydrogen-bond acceptors (Lipinski definition) is 1. The lowest BCUT2D eigenvalue weighted by Crippen LogP contribution is -2.19. The second-order valence-electron chi connectivity index (χ2n) is 6.94. The first-order valence-electron chi connectivity index (χ1n) is 8.61. The molecule has 0 spiro atoms. The number of rotatable bonds is 3. The van der Waals surface area contributed by atoms with E-state index in [1.807, 2.05) is 6.20 Å². The fourth-order valence-corrected chi connectivity index (χ4v) is 4.35. The van der Waals surface area contributed by atoms with Crippen molar-refractivity contribution in [3.63, 3.8) is 0 Å². The Hall–Kier alpha value is -2.15. The van der Waals surface area contributed by atoms with Crippen molar-refractivity contribution in [2.45, 2.75) is 26.7 Å². The highest BCUT2D eigenvalue weighted by atomic mass is 14.7. The molecule has 0 saturated heterocycles. The van der Waals surface area contributed by atoms with Gasteiger partial charge in [-0.25, -0.2) is 0 Å². The number of benzene rings is 1. The maximum Gasteiger partial charge on any atom is 0.0743 e. The smallest absolute Gasteiger partial charge is 0.0743 e. The second kappa shape index (κ2) is 5.49. The van der Waals surface area contributed by atoms with Crippen molar-refractivity contribution < 1.29 is 0 Å². The summed E-state index contributed by atoms with van der Waals surface area (Å²) >= 11 is 0. The van der Waals surface area contributed by atoms with Gasteiger partial charge < -0.3 is 0 Å². The van der Waals surface area contributed by atoms with Gasteiger partial charge >= 0.3 is 0 Å². The van der Waals surface area contributed by atoms with E-state index < -0.39 is 0 Å². The number of pyridine rings is 1. The van der Waals surface area contributed by atoms with Gasteiger partial charge in [-0.15, -0.1) is 0 Å². The molecule has 1 heterocycles. The average Bonchev–Trinajstić information content (AvgIpc) is 3.25. The summed E-state index contributed by atoms with van der Waals surface area (Å²) in [6, 6.07) is 10.7. The van der Waals surface area contributed by atoms with Crippen LogP contribution in [0.3, 0.4) is 0 Å². The summed E-state index contributed by atoms with van der Waals surface area (Å²) in [5.41, 5.74) is 2.90. The second-order valence-corrected chi connectivity index (χ2v) is 6.94. The molecule has 4 rings (SSSR count). The van der Waals surface area contributed by atoms with Gasteiger partial charge in [-0.1, -0.05) is 61.6 Å². The Kier molecular flexibility index (Phi) is 3.45. The molecule has 0 amide bonds. The summed E-state index contributed by atoms with van der Waals surface area (Å²) < 4.78 is 0. The van der Waals surface area contributed by atoms with Crippen LogP contribution in [0.5, 0.6) is 0 Å². The number of fused-ring (bicyclic) bond motifs is 1. The van der Waals surface area contributed by atoms with Gasteiger partial charge in [0.2, 0.25) is 0 Å². The Morgan fingerprint density at radius 2 is 2.04 bits per heavy atom. The van der Waals surface area contributed by atoms with E-state index in [1.165, 1.54) is 28.5 Å². The summed E-state index contributed by atoms with van der Waals surface area (Å²) in [5, 5.41) is 2.54. The standard InChI is InChI=1S/C22H23N/c1-3-13-22(15-16(22)2)20-11-7-6-10-19(20)21-18-9-5-4-8-17(18)12-14-23-21/h3-10,12-14,16,20H,11,15H2,1-2H3. The lowest BCUT2D eigenvalue weighted by atomic mass is 9.75. The molecule has 1 fully saturated rings. The van der Waals surface area contributed by atoms with Crippen molar-refractivity contribution in [3.8, 4) is 0 Å². The molecular formula is C22H23N. The van der Waals surface area contributed by atoms with E-state index >= 15 is 0 Å². The van der Waals surface area contributed by atoms with Crippen LogP contribution in [-0.4, -0.2) is 4.98 Å². The maximum absolute atomic E-state index is 4.78. The molecule has 0 radical (unpaired) electrons. The molecule has 2 aliphatic carbocycles. The molecule has 1 aromatic carbocycles. The third kappa shape index (κ3) is 2.26. The Balaban J connectivity index is 1.85. The molecule has 0 N–H and O–H groups in total. The number of allylic oxidation sites excluding steroid dienone is 6. The third-order valence-corrected chi connectivity index (χ3v) is 5.65. The molecular weight excluding hydrogens is 278 g/mol. The SMILES string of the molecule is CC=CC1(C2CC=CC=C2c2nccc3ccccc23)CC1C. The van der Waals surface area contributed by atoms with E-state index in [0.717, 1.165) is 12.3 Å². The minimum atomic E-state index is 0.323. The molecule has 1 heteroatoms. The zero-order valence-corrected chi connectivity index (χ0v) is 13.9. The zero-order valence-electron chi connectivity index (χ0n) is 13.9. The van der Waals surface area contributed by atoms with Crippen molar-refractivity contribution in [1.29, 1.82) is 0 Å². The quantitative estimate of drug-likeness (QED) is 0.653. The van der Waals surface area contributed by atoms with E-state index in [9.17, 15) is 0 Å². The normalized spacial score (nSPS) is 29.9. The van der Waals surface area contributed by atoms with Crippen molar-refractivity contribution in [1.82, 2.24) is 4.98 Å². The van der Waals surface area contributed by atoms with Crippen molar-refractivity contribution in [2.75, 3.05) is 0 Å². The van der Waals surface area contributed by atoms with Crippen LogP contribution in [0.15, 0.2) is 66.9 Å². The summed E-state index contributed by atoms with van der Waals surface area (Å²) in [5.74, 6) is 1.30. The van der Waals surface area contributed by atoms with Crippen molar-refractivity contribution in [2.24, 2.45) is 17.3 Å². The van der Waals surface area contributed by atoms with E-state index in [0.29, 0.717) is 11.3 Å². The molecule has 2 aromatic rings. The van der Waals surface area contributed by atoms with Gasteiger partial charge in [0, 0.05) is 11.6 Å². The molecule has 2 aliphatic rings. The van der Waals surface area contributed by atoms with Gasteiger partial charge in [-0.05, 0) is 54.0 Å². The Morgan fingerprint density at radius 3 is 2.83 bits per heavy atom. The zero-order chi connectivity index (χ0) is 15.9. The van der Waals surface area contributed by atoms with E-state index in [1.54, 1.807) is 0 Å². The maximum atomic E-state index is 4.78. The largest absolute Gasteiger partial charge is 0.256 e. The van der Waals surface area contributed by atoms with Gasteiger partial charge in [0.05, 0.1) is 5.69 Å². The highest BCUT2D eigenvalue weighted by Crippen LogP contribution is 2.63. The predicted molar refractivity (Wildman–Crippen MR) is 98.0 cm³/mol. The molecule has 1 aromatic heterocycles. The molecule has 1 nitrogen and oxygen atoms in total. The van der Waals surface area contributed by atoms with Crippen LogP contribution in [0.4, 0.5) is 0 Å². The van der Waals surface area contributed by atoms with Gasteiger partial charge in [0.15, 0.2) is 0 Å². The van der Waals surface area contributed by atoms with Crippen molar-refractivity contribution >= 4 is 16.3 Å². The summed E-state index contributed by atoms with van der Waals surface area (Å²) in [7, 11) is 0.